The van der Waals surface area contributed by atoms with Crippen LogP contribution in [0.15, 0.2) is 42.6 Å². The Morgan fingerprint density at radius 3 is 2.86 bits per heavy atom. The minimum absolute atomic E-state index is 0.343. The number of likely N-dealkylation sites (tertiary alicyclic amines) is 1. The molecule has 0 amide bonds. The molecular weight excluding hydrogens is 272 g/mol. The monoisotopic (exact) mass is 292 g/mol. The summed E-state index contributed by atoms with van der Waals surface area (Å²) < 4.78 is 2.32. The van der Waals surface area contributed by atoms with Gasteiger partial charge in [0.25, 0.3) is 0 Å². The SMILES string of the molecule is Cc1cccc(-c2nc3cccnc3n2C2CCCN2C)c1. The number of aromatic nitrogens is 3. The van der Waals surface area contributed by atoms with E-state index in [9.17, 15) is 0 Å². The maximum Gasteiger partial charge on any atom is 0.161 e. The van der Waals surface area contributed by atoms with Gasteiger partial charge in [0.1, 0.15) is 11.3 Å². The summed E-state index contributed by atoms with van der Waals surface area (Å²) >= 11 is 0. The topological polar surface area (TPSA) is 34.0 Å². The summed E-state index contributed by atoms with van der Waals surface area (Å²) in [6.07, 6.45) is 4.57. The molecule has 1 atom stereocenters. The van der Waals surface area contributed by atoms with Crippen LogP contribution in [-0.2, 0) is 0 Å². The van der Waals surface area contributed by atoms with Gasteiger partial charge in [-0.05, 0) is 51.6 Å². The average Bonchev–Trinajstić information content (AvgIpc) is 3.10. The Balaban J connectivity index is 1.97. The van der Waals surface area contributed by atoms with Gasteiger partial charge in [-0.2, -0.15) is 0 Å². The smallest absolute Gasteiger partial charge is 0.161 e. The molecule has 0 N–H and O–H groups in total. The first-order valence-corrected chi connectivity index (χ1v) is 7.84. The predicted molar refractivity (Wildman–Crippen MR) is 88.6 cm³/mol. The van der Waals surface area contributed by atoms with E-state index in [1.54, 1.807) is 0 Å². The fourth-order valence-corrected chi connectivity index (χ4v) is 3.42. The molecule has 2 aromatic heterocycles. The van der Waals surface area contributed by atoms with Crippen molar-refractivity contribution in [2.24, 2.45) is 0 Å². The molecule has 0 saturated carbocycles. The van der Waals surface area contributed by atoms with Crippen LogP contribution >= 0.6 is 0 Å². The van der Waals surface area contributed by atoms with Crippen LogP contribution in [0, 0.1) is 6.92 Å². The molecule has 1 aliphatic heterocycles. The zero-order chi connectivity index (χ0) is 15.1. The van der Waals surface area contributed by atoms with Crippen LogP contribution in [0.2, 0.25) is 0 Å². The molecule has 0 bridgehead atoms. The van der Waals surface area contributed by atoms with Gasteiger partial charge in [-0.25, -0.2) is 9.97 Å². The van der Waals surface area contributed by atoms with Gasteiger partial charge in [0.15, 0.2) is 5.65 Å². The summed E-state index contributed by atoms with van der Waals surface area (Å²) in [6, 6.07) is 12.6. The summed E-state index contributed by atoms with van der Waals surface area (Å²) in [5.74, 6) is 1.02. The van der Waals surface area contributed by atoms with E-state index in [1.165, 1.54) is 17.5 Å². The first-order chi connectivity index (χ1) is 10.7. The van der Waals surface area contributed by atoms with Gasteiger partial charge in [-0.15, -0.1) is 0 Å². The Hall–Kier alpha value is -2.20. The summed E-state index contributed by atoms with van der Waals surface area (Å²) in [5, 5.41) is 0. The first-order valence-electron chi connectivity index (χ1n) is 7.84. The molecule has 1 unspecified atom stereocenters. The van der Waals surface area contributed by atoms with Crippen molar-refractivity contribution in [3.05, 3.63) is 48.2 Å². The third kappa shape index (κ3) is 2.11. The summed E-state index contributed by atoms with van der Waals surface area (Å²) in [7, 11) is 2.19. The summed E-state index contributed by atoms with van der Waals surface area (Å²) in [6.45, 7) is 3.25. The highest BCUT2D eigenvalue weighted by atomic mass is 15.3. The molecule has 4 heteroatoms. The fourth-order valence-electron chi connectivity index (χ4n) is 3.42. The standard InChI is InChI=1S/C18H20N4/c1-13-6-3-7-14(12-13)17-20-15-8-4-10-19-18(15)22(17)16-9-5-11-21(16)2/h3-4,6-8,10,12,16H,5,9,11H2,1-2H3. The lowest BCUT2D eigenvalue weighted by Gasteiger charge is -2.23. The quantitative estimate of drug-likeness (QED) is 0.723. The van der Waals surface area contributed by atoms with Crippen LogP contribution in [0.3, 0.4) is 0 Å². The number of fused-ring (bicyclic) bond motifs is 1. The first kappa shape index (κ1) is 13.5. The third-order valence-electron chi connectivity index (χ3n) is 4.51. The van der Waals surface area contributed by atoms with Crippen molar-refractivity contribution in [3.63, 3.8) is 0 Å². The van der Waals surface area contributed by atoms with Crippen LogP contribution in [0.25, 0.3) is 22.6 Å². The van der Waals surface area contributed by atoms with Gasteiger partial charge >= 0.3 is 0 Å². The number of benzene rings is 1. The molecule has 3 aromatic rings. The maximum atomic E-state index is 4.88. The van der Waals surface area contributed by atoms with Gasteiger partial charge in [0, 0.05) is 11.8 Å². The Kier molecular flexibility index (Phi) is 3.19. The minimum atomic E-state index is 0.343. The van der Waals surface area contributed by atoms with E-state index in [2.05, 4.69) is 52.7 Å². The van der Waals surface area contributed by atoms with E-state index in [1.807, 2.05) is 18.3 Å². The second-order valence-corrected chi connectivity index (χ2v) is 6.12. The third-order valence-corrected chi connectivity index (χ3v) is 4.51. The Labute approximate surface area is 130 Å². The zero-order valence-electron chi connectivity index (χ0n) is 13.0. The van der Waals surface area contributed by atoms with Gasteiger partial charge in [0.2, 0.25) is 0 Å². The molecule has 1 saturated heterocycles. The Morgan fingerprint density at radius 1 is 1.18 bits per heavy atom. The van der Waals surface area contributed by atoms with Crippen molar-refractivity contribution in [2.45, 2.75) is 25.9 Å². The highest BCUT2D eigenvalue weighted by molar-refractivity contribution is 5.77. The lowest BCUT2D eigenvalue weighted by atomic mass is 10.1. The minimum Gasteiger partial charge on any atom is -0.292 e. The molecule has 0 radical (unpaired) electrons. The number of hydrogen-bond donors (Lipinski definition) is 0. The van der Waals surface area contributed by atoms with Crippen molar-refractivity contribution < 1.29 is 0 Å². The fraction of sp³-hybridized carbons (Fsp3) is 0.333. The predicted octanol–water partition coefficient (Wildman–Crippen LogP) is 3.63. The molecule has 22 heavy (non-hydrogen) atoms. The molecule has 1 aromatic carbocycles. The highest BCUT2D eigenvalue weighted by Crippen LogP contribution is 2.33. The van der Waals surface area contributed by atoms with Crippen LogP contribution < -0.4 is 0 Å². The van der Waals surface area contributed by atoms with E-state index in [-0.39, 0.29) is 0 Å². The second kappa shape index (κ2) is 5.21. The van der Waals surface area contributed by atoms with Crippen molar-refractivity contribution in [2.75, 3.05) is 13.6 Å². The Morgan fingerprint density at radius 2 is 2.09 bits per heavy atom. The van der Waals surface area contributed by atoms with E-state index < -0.39 is 0 Å². The van der Waals surface area contributed by atoms with Crippen LogP contribution in [0.4, 0.5) is 0 Å². The second-order valence-electron chi connectivity index (χ2n) is 6.12. The van der Waals surface area contributed by atoms with Crippen molar-refractivity contribution in [1.82, 2.24) is 19.4 Å². The largest absolute Gasteiger partial charge is 0.292 e. The number of nitrogens with zero attached hydrogens (tertiary/aromatic N) is 4. The van der Waals surface area contributed by atoms with Crippen molar-refractivity contribution in [3.8, 4) is 11.4 Å². The molecule has 0 spiro atoms. The molecule has 3 heterocycles. The van der Waals surface area contributed by atoms with E-state index in [0.29, 0.717) is 6.17 Å². The number of imidazole rings is 1. The lowest BCUT2D eigenvalue weighted by molar-refractivity contribution is 0.244. The average molecular weight is 292 g/mol. The van der Waals surface area contributed by atoms with E-state index in [4.69, 9.17) is 4.98 Å². The van der Waals surface area contributed by atoms with Crippen molar-refractivity contribution >= 4 is 11.2 Å². The maximum absolute atomic E-state index is 4.88. The Bertz CT molecular complexity index is 821. The molecule has 112 valence electrons. The summed E-state index contributed by atoms with van der Waals surface area (Å²) in [4.78, 5) is 11.9. The molecule has 1 fully saturated rings. The van der Waals surface area contributed by atoms with Gasteiger partial charge in [-0.1, -0.05) is 23.8 Å². The van der Waals surface area contributed by atoms with Crippen LogP contribution in [0.5, 0.6) is 0 Å². The number of rotatable bonds is 2. The number of hydrogen-bond acceptors (Lipinski definition) is 3. The molecule has 4 rings (SSSR count). The highest BCUT2D eigenvalue weighted by Gasteiger charge is 2.27. The van der Waals surface area contributed by atoms with E-state index >= 15 is 0 Å². The molecule has 4 nitrogen and oxygen atoms in total. The van der Waals surface area contributed by atoms with Crippen molar-refractivity contribution in [1.29, 1.82) is 0 Å². The van der Waals surface area contributed by atoms with E-state index in [0.717, 1.165) is 30.0 Å². The van der Waals surface area contributed by atoms with Gasteiger partial charge in [0.05, 0.1) is 6.17 Å². The van der Waals surface area contributed by atoms with Gasteiger partial charge < -0.3 is 0 Å². The zero-order valence-corrected chi connectivity index (χ0v) is 13.0. The van der Waals surface area contributed by atoms with Gasteiger partial charge in [-0.3, -0.25) is 9.47 Å². The molecule has 0 aliphatic carbocycles. The summed E-state index contributed by atoms with van der Waals surface area (Å²) in [5.41, 5.74) is 4.37. The lowest BCUT2D eigenvalue weighted by Crippen LogP contribution is -2.24. The number of aryl methyl sites for hydroxylation is 1. The molecular formula is C18H20N4. The molecule has 1 aliphatic rings. The number of pyridine rings is 1. The normalized spacial score (nSPS) is 19.1. The van der Waals surface area contributed by atoms with Crippen LogP contribution in [0.1, 0.15) is 24.6 Å². The van der Waals surface area contributed by atoms with Crippen LogP contribution in [-0.4, -0.2) is 33.0 Å².